The summed E-state index contributed by atoms with van der Waals surface area (Å²) in [7, 11) is 3.32. The van der Waals surface area contributed by atoms with Gasteiger partial charge < -0.3 is 24.5 Å². The Kier molecular flexibility index (Phi) is 8.84. The maximum absolute atomic E-state index is 14.0. The molecule has 4 heterocycles. The first-order chi connectivity index (χ1) is 21.7. The normalized spacial score (nSPS) is 21.5. The van der Waals surface area contributed by atoms with E-state index in [0.29, 0.717) is 50.3 Å². The molecule has 6 rings (SSSR count). The Hall–Kier alpha value is -4.32. The van der Waals surface area contributed by atoms with Crippen LogP contribution in [0.3, 0.4) is 0 Å². The van der Waals surface area contributed by atoms with E-state index in [2.05, 4.69) is 9.88 Å². The van der Waals surface area contributed by atoms with Crippen LogP contribution in [0.15, 0.2) is 41.2 Å². The maximum Gasteiger partial charge on any atom is 0.409 e. The number of H-pyrrole nitrogens is 1. The van der Waals surface area contributed by atoms with Crippen molar-refractivity contribution in [3.63, 3.8) is 0 Å². The van der Waals surface area contributed by atoms with Gasteiger partial charge in [0.1, 0.15) is 12.0 Å². The lowest BCUT2D eigenvalue weighted by atomic mass is 9.86. The van der Waals surface area contributed by atoms with E-state index in [9.17, 15) is 24.3 Å². The van der Waals surface area contributed by atoms with Crippen molar-refractivity contribution in [1.82, 2.24) is 19.4 Å². The number of aromatic nitrogens is 2. The van der Waals surface area contributed by atoms with E-state index < -0.39 is 18.2 Å². The smallest absolute Gasteiger partial charge is 0.409 e. The number of rotatable bonds is 8. The van der Waals surface area contributed by atoms with Crippen molar-refractivity contribution in [2.75, 3.05) is 38.3 Å². The molecule has 2 unspecified atom stereocenters. The van der Waals surface area contributed by atoms with Gasteiger partial charge in [-0.25, -0.2) is 9.59 Å². The van der Waals surface area contributed by atoms with Crippen LogP contribution in [0.4, 0.5) is 10.5 Å². The Morgan fingerprint density at radius 3 is 2.44 bits per heavy atom. The second-order valence-electron chi connectivity index (χ2n) is 12.3. The minimum absolute atomic E-state index is 0.185. The van der Waals surface area contributed by atoms with Gasteiger partial charge in [-0.3, -0.25) is 24.0 Å². The molecule has 3 aromatic rings. The molecule has 1 aromatic heterocycles. The van der Waals surface area contributed by atoms with Gasteiger partial charge in [0.2, 0.25) is 11.8 Å². The summed E-state index contributed by atoms with van der Waals surface area (Å²) in [6.45, 7) is 2.57. The summed E-state index contributed by atoms with van der Waals surface area (Å²) in [5.74, 6) is 0.0191. The van der Waals surface area contributed by atoms with Crippen molar-refractivity contribution in [3.8, 4) is 5.75 Å². The van der Waals surface area contributed by atoms with Gasteiger partial charge in [-0.05, 0) is 73.8 Å². The number of imidazole rings is 1. The lowest BCUT2D eigenvalue weighted by Crippen LogP contribution is -2.46. The number of ether oxygens (including phenoxy) is 2. The molecule has 3 aliphatic rings. The predicted molar refractivity (Wildman–Crippen MR) is 167 cm³/mol. The highest BCUT2D eigenvalue weighted by Crippen LogP contribution is 2.41. The number of likely N-dealkylation sites (tertiary alicyclic amines) is 2. The molecule has 12 heteroatoms. The van der Waals surface area contributed by atoms with Crippen molar-refractivity contribution in [2.45, 2.75) is 63.6 Å². The van der Waals surface area contributed by atoms with Crippen LogP contribution in [0.5, 0.6) is 5.75 Å². The van der Waals surface area contributed by atoms with E-state index in [-0.39, 0.29) is 36.4 Å². The molecule has 0 spiro atoms. The van der Waals surface area contributed by atoms with Gasteiger partial charge in [0.25, 0.3) is 0 Å². The number of amides is 3. The second-order valence-corrected chi connectivity index (χ2v) is 12.3. The summed E-state index contributed by atoms with van der Waals surface area (Å²) in [5, 5.41) is 9.56. The van der Waals surface area contributed by atoms with Crippen LogP contribution >= 0.6 is 0 Å². The Morgan fingerprint density at radius 1 is 0.978 bits per heavy atom. The molecule has 2 N–H and O–H groups in total. The Morgan fingerprint density at radius 2 is 1.73 bits per heavy atom. The summed E-state index contributed by atoms with van der Waals surface area (Å²) in [6, 6.07) is 11.1. The zero-order valence-electron chi connectivity index (χ0n) is 25.9. The molecule has 2 aromatic carbocycles. The number of aromatic amines is 1. The zero-order valence-corrected chi connectivity index (χ0v) is 25.9. The van der Waals surface area contributed by atoms with Crippen LogP contribution in [0.2, 0.25) is 0 Å². The Labute approximate surface area is 261 Å². The standard InChI is InChI=1S/C33H41N5O7/c1-35-30-26(34-32(35)41)12-10-24(25-11-13-27(39)38(31(25)40)19-21-6-8-23(44-2)9-7-21)29(30)36-17-14-22(15-18-36)20-45-28-5-3-4-16-37(28)33(42)43/h6-10,12,22,25,28H,3-5,11,13-20H2,1-2H3,(H,34,41)(H,42,43). The molecule has 0 radical (unpaired) electrons. The maximum atomic E-state index is 14.0. The minimum Gasteiger partial charge on any atom is -0.497 e. The van der Waals surface area contributed by atoms with E-state index in [1.54, 1.807) is 18.7 Å². The fraction of sp³-hybridized carbons (Fsp3) is 0.515. The van der Waals surface area contributed by atoms with Crippen molar-refractivity contribution in [3.05, 3.63) is 58.0 Å². The number of nitrogens with zero attached hydrogens (tertiary/aromatic N) is 4. The van der Waals surface area contributed by atoms with Gasteiger partial charge in [0.05, 0.1) is 42.9 Å². The lowest BCUT2D eigenvalue weighted by molar-refractivity contribution is -0.150. The van der Waals surface area contributed by atoms with Gasteiger partial charge in [-0.1, -0.05) is 18.2 Å². The summed E-state index contributed by atoms with van der Waals surface area (Å²) in [5.41, 5.74) is 3.74. The fourth-order valence-electron chi connectivity index (χ4n) is 7.02. The van der Waals surface area contributed by atoms with E-state index in [0.717, 1.165) is 48.0 Å². The Balaban J connectivity index is 1.23. The first-order valence-electron chi connectivity index (χ1n) is 15.8. The average molecular weight is 620 g/mol. The van der Waals surface area contributed by atoms with E-state index in [1.165, 1.54) is 9.80 Å². The first kappa shape index (κ1) is 30.7. The van der Waals surface area contributed by atoms with E-state index in [1.807, 2.05) is 36.4 Å². The van der Waals surface area contributed by atoms with Crippen molar-refractivity contribution in [1.29, 1.82) is 0 Å². The highest BCUT2D eigenvalue weighted by Gasteiger charge is 2.38. The molecule has 0 aliphatic carbocycles. The molecular formula is C33H41N5O7. The van der Waals surface area contributed by atoms with Gasteiger partial charge in [-0.15, -0.1) is 0 Å². The number of hydrogen-bond donors (Lipinski definition) is 2. The van der Waals surface area contributed by atoms with Crippen LogP contribution < -0.4 is 15.3 Å². The van der Waals surface area contributed by atoms with Gasteiger partial charge in [0, 0.05) is 33.1 Å². The Bertz CT molecular complexity index is 1620. The van der Waals surface area contributed by atoms with Crippen LogP contribution in [-0.2, 0) is 27.9 Å². The fourth-order valence-corrected chi connectivity index (χ4v) is 7.02. The number of hydrogen-bond acceptors (Lipinski definition) is 7. The minimum atomic E-state index is -0.936. The summed E-state index contributed by atoms with van der Waals surface area (Å²) in [4.78, 5) is 59.3. The molecule has 3 aliphatic heterocycles. The number of imide groups is 1. The number of nitrogens with one attached hydrogen (secondary N) is 1. The summed E-state index contributed by atoms with van der Waals surface area (Å²) in [6.07, 6.45) is 3.51. The number of carboxylic acid groups (broad SMARTS) is 1. The average Bonchev–Trinajstić information content (AvgIpc) is 3.35. The largest absolute Gasteiger partial charge is 0.497 e. The quantitative estimate of drug-likeness (QED) is 0.361. The lowest BCUT2D eigenvalue weighted by Gasteiger charge is -2.39. The topological polar surface area (TPSA) is 137 Å². The first-order valence-corrected chi connectivity index (χ1v) is 15.8. The number of carbonyl (C=O) groups is 3. The third-order valence-corrected chi connectivity index (χ3v) is 9.60. The van der Waals surface area contributed by atoms with Crippen molar-refractivity contribution < 1.29 is 29.0 Å². The number of piperidine rings is 3. The monoisotopic (exact) mass is 619 g/mol. The van der Waals surface area contributed by atoms with Crippen LogP contribution in [0.25, 0.3) is 11.0 Å². The third-order valence-electron chi connectivity index (χ3n) is 9.60. The number of benzene rings is 2. The molecule has 0 bridgehead atoms. The van der Waals surface area contributed by atoms with E-state index in [4.69, 9.17) is 9.47 Å². The van der Waals surface area contributed by atoms with Gasteiger partial charge in [-0.2, -0.15) is 0 Å². The van der Waals surface area contributed by atoms with Gasteiger partial charge >= 0.3 is 11.8 Å². The second kappa shape index (κ2) is 13.0. The molecule has 2 atom stereocenters. The molecule has 3 fully saturated rings. The number of methoxy groups -OCH3 is 1. The van der Waals surface area contributed by atoms with Crippen molar-refractivity contribution >= 4 is 34.6 Å². The van der Waals surface area contributed by atoms with Crippen LogP contribution in [0, 0.1) is 5.92 Å². The molecule has 3 amide bonds. The SMILES string of the molecule is COc1ccc(CN2C(=O)CCC(c3ccc4[nH]c(=O)n(C)c4c3N3CCC(COC4CCCCN4C(=O)O)CC3)C2=O)cc1. The molecule has 240 valence electrons. The predicted octanol–water partition coefficient (Wildman–Crippen LogP) is 4.03. The van der Waals surface area contributed by atoms with Crippen LogP contribution in [-0.4, -0.2) is 81.9 Å². The molecule has 0 saturated carbocycles. The number of carbonyl (C=O) groups excluding carboxylic acids is 2. The zero-order chi connectivity index (χ0) is 31.7. The summed E-state index contributed by atoms with van der Waals surface area (Å²) >= 11 is 0. The summed E-state index contributed by atoms with van der Waals surface area (Å²) < 4.78 is 13.0. The number of fused-ring (bicyclic) bond motifs is 1. The number of anilines is 1. The molecule has 3 saturated heterocycles. The van der Waals surface area contributed by atoms with Crippen LogP contribution in [0.1, 0.15) is 62.0 Å². The van der Waals surface area contributed by atoms with E-state index >= 15 is 0 Å². The highest BCUT2D eigenvalue weighted by atomic mass is 16.5. The van der Waals surface area contributed by atoms with Crippen molar-refractivity contribution in [2.24, 2.45) is 13.0 Å². The number of aryl methyl sites for hydroxylation is 1. The van der Waals surface area contributed by atoms with Gasteiger partial charge in [0.15, 0.2) is 0 Å². The highest BCUT2D eigenvalue weighted by molar-refractivity contribution is 6.03. The third kappa shape index (κ3) is 6.15. The molecular weight excluding hydrogens is 578 g/mol. The molecule has 12 nitrogen and oxygen atoms in total. The molecule has 45 heavy (non-hydrogen) atoms.